The summed E-state index contributed by atoms with van der Waals surface area (Å²) in [4.78, 5) is 49.5. The lowest BCUT2D eigenvalue weighted by molar-refractivity contribution is -0.222. The van der Waals surface area contributed by atoms with Crippen LogP contribution in [0.15, 0.2) is 4.99 Å². The molecule has 1 fully saturated rings. The van der Waals surface area contributed by atoms with Gasteiger partial charge in [-0.3, -0.25) is 19.2 Å². The maximum atomic E-state index is 11.5. The molecule has 1 aliphatic heterocycles. The summed E-state index contributed by atoms with van der Waals surface area (Å²) in [5.74, 6) is -2.40. The fourth-order valence-electron chi connectivity index (χ4n) is 2.47. The molecular weight excluding hydrogens is 368 g/mol. The molecule has 0 radical (unpaired) electrons. The van der Waals surface area contributed by atoms with Gasteiger partial charge in [-0.05, 0) is 12.2 Å². The number of amides is 1. The first-order valence-corrected chi connectivity index (χ1v) is 8.03. The van der Waals surface area contributed by atoms with Crippen LogP contribution < -0.4 is 5.32 Å². The van der Waals surface area contributed by atoms with E-state index in [4.69, 9.17) is 18.9 Å². The molecule has 1 N–H and O–H groups in total. The number of carbonyl (C=O) groups is 4. The minimum Gasteiger partial charge on any atom is -0.463 e. The Morgan fingerprint density at radius 3 is 2.08 bits per heavy atom. The van der Waals surface area contributed by atoms with Gasteiger partial charge in [0.2, 0.25) is 5.91 Å². The number of hydrogen-bond donors (Lipinski definition) is 1. The molecule has 0 aromatic carbocycles. The van der Waals surface area contributed by atoms with Crippen LogP contribution in [0.4, 0.5) is 0 Å². The molecule has 0 aromatic rings. The maximum Gasteiger partial charge on any atom is 0.303 e. The van der Waals surface area contributed by atoms with Crippen LogP contribution in [0.3, 0.4) is 0 Å². The van der Waals surface area contributed by atoms with Crippen LogP contribution >= 0.6 is 12.2 Å². The summed E-state index contributed by atoms with van der Waals surface area (Å²) in [5, 5.41) is 4.67. The van der Waals surface area contributed by atoms with Crippen LogP contribution in [0.5, 0.6) is 0 Å². The van der Waals surface area contributed by atoms with Crippen molar-refractivity contribution >= 4 is 41.2 Å². The standard InChI is InChI=1S/C15H20N2O8S/c1-7(18)17-12-14(24-10(4)21)13(23-9(3)20)11(5-22-8(2)19)25-15(12)16-6-26/h11-15H,5H2,1-4H3,(H,17,18)/t11-,12+,13-,14-,15-/m0/s1. The second-order valence-electron chi connectivity index (χ2n) is 5.46. The minimum atomic E-state index is -1.15. The number of carbonyl (C=O) groups excluding carboxylic acids is 4. The van der Waals surface area contributed by atoms with E-state index < -0.39 is 54.4 Å². The molecule has 5 atom stereocenters. The Kier molecular flexibility index (Phi) is 8.30. The van der Waals surface area contributed by atoms with Crippen LogP contribution in [0.25, 0.3) is 0 Å². The first-order valence-electron chi connectivity index (χ1n) is 7.63. The van der Waals surface area contributed by atoms with Gasteiger partial charge in [-0.2, -0.15) is 4.99 Å². The van der Waals surface area contributed by atoms with Gasteiger partial charge in [-0.25, -0.2) is 0 Å². The van der Waals surface area contributed by atoms with Gasteiger partial charge < -0.3 is 24.3 Å². The molecule has 0 bridgehead atoms. The third kappa shape index (κ3) is 6.51. The van der Waals surface area contributed by atoms with E-state index in [1.807, 2.05) is 0 Å². The summed E-state index contributed by atoms with van der Waals surface area (Å²) < 4.78 is 21.1. The molecule has 1 saturated heterocycles. The van der Waals surface area contributed by atoms with Crippen molar-refractivity contribution in [1.29, 1.82) is 0 Å². The first kappa shape index (κ1) is 21.7. The monoisotopic (exact) mass is 388 g/mol. The zero-order chi connectivity index (χ0) is 19.9. The second-order valence-corrected chi connectivity index (χ2v) is 5.65. The molecule has 1 rings (SSSR count). The highest BCUT2D eigenvalue weighted by Crippen LogP contribution is 2.27. The van der Waals surface area contributed by atoms with Gasteiger partial charge in [-0.15, -0.1) is 0 Å². The summed E-state index contributed by atoms with van der Waals surface area (Å²) in [6.45, 7) is 4.46. The van der Waals surface area contributed by atoms with E-state index in [-0.39, 0.29) is 6.61 Å². The van der Waals surface area contributed by atoms with Crippen LogP contribution in [-0.4, -0.2) is 66.2 Å². The Morgan fingerprint density at radius 2 is 1.62 bits per heavy atom. The smallest absolute Gasteiger partial charge is 0.303 e. The number of isothiocyanates is 1. The first-order chi connectivity index (χ1) is 12.1. The number of aliphatic imine (C=N–C) groups is 1. The lowest BCUT2D eigenvalue weighted by Gasteiger charge is -2.43. The molecule has 26 heavy (non-hydrogen) atoms. The Balaban J connectivity index is 3.28. The predicted octanol–water partition coefficient (Wildman–Crippen LogP) is -0.255. The summed E-state index contributed by atoms with van der Waals surface area (Å²) in [7, 11) is 0. The third-order valence-corrected chi connectivity index (χ3v) is 3.38. The summed E-state index contributed by atoms with van der Waals surface area (Å²) in [6, 6.07) is -0.996. The molecule has 10 nitrogen and oxygen atoms in total. The van der Waals surface area contributed by atoms with Crippen molar-refractivity contribution in [3.05, 3.63) is 0 Å². The summed E-state index contributed by atoms with van der Waals surface area (Å²) in [6.07, 6.45) is -4.39. The Bertz CT molecular complexity index is 619. The van der Waals surface area contributed by atoms with Gasteiger partial charge in [0, 0.05) is 27.7 Å². The highest BCUT2D eigenvalue weighted by Gasteiger charge is 2.50. The molecule has 0 saturated carbocycles. The minimum absolute atomic E-state index is 0.290. The Hall–Kier alpha value is -2.36. The van der Waals surface area contributed by atoms with E-state index in [0.717, 1.165) is 13.8 Å². The molecule has 0 aromatic heterocycles. The lowest BCUT2D eigenvalue weighted by atomic mass is 9.95. The van der Waals surface area contributed by atoms with Gasteiger partial charge in [0.05, 0.1) is 5.16 Å². The van der Waals surface area contributed by atoms with Crippen molar-refractivity contribution in [2.75, 3.05) is 6.61 Å². The van der Waals surface area contributed by atoms with Gasteiger partial charge in [0.15, 0.2) is 18.4 Å². The summed E-state index contributed by atoms with van der Waals surface area (Å²) >= 11 is 4.58. The molecule has 0 unspecified atom stereocenters. The normalized spacial score (nSPS) is 27.5. The zero-order valence-electron chi connectivity index (χ0n) is 14.7. The second kappa shape index (κ2) is 9.95. The molecule has 11 heteroatoms. The van der Waals surface area contributed by atoms with Gasteiger partial charge in [-0.1, -0.05) is 0 Å². The van der Waals surface area contributed by atoms with Crippen molar-refractivity contribution in [3.63, 3.8) is 0 Å². The molecule has 1 aliphatic rings. The van der Waals surface area contributed by atoms with Crippen LogP contribution in [-0.2, 0) is 38.1 Å². The number of thiocarbonyl (C=S) groups is 1. The third-order valence-electron chi connectivity index (χ3n) is 3.27. The van der Waals surface area contributed by atoms with E-state index in [0.29, 0.717) is 0 Å². The van der Waals surface area contributed by atoms with Gasteiger partial charge in [0.25, 0.3) is 0 Å². The van der Waals surface area contributed by atoms with E-state index in [1.165, 1.54) is 13.8 Å². The van der Waals surface area contributed by atoms with Crippen molar-refractivity contribution < 1.29 is 38.1 Å². The van der Waals surface area contributed by atoms with Crippen molar-refractivity contribution in [2.24, 2.45) is 4.99 Å². The van der Waals surface area contributed by atoms with Crippen molar-refractivity contribution in [1.82, 2.24) is 5.32 Å². The molecule has 144 valence electrons. The largest absolute Gasteiger partial charge is 0.463 e. The fraction of sp³-hybridized carbons (Fsp3) is 0.667. The highest BCUT2D eigenvalue weighted by molar-refractivity contribution is 7.78. The SMILES string of the molecule is CC(=O)N[C@@H]1[C@H](OC(C)=O)[C@@H](OC(C)=O)[C@H](COC(C)=O)O[C@@H]1N=C=S. The lowest BCUT2D eigenvalue weighted by Crippen LogP contribution is -2.65. The number of rotatable bonds is 6. The fourth-order valence-corrected chi connectivity index (χ4v) is 2.57. The van der Waals surface area contributed by atoms with Gasteiger partial charge in [0.1, 0.15) is 18.8 Å². The topological polar surface area (TPSA) is 130 Å². The average Bonchev–Trinajstić information content (AvgIpc) is 2.50. The van der Waals surface area contributed by atoms with Crippen LogP contribution in [0.2, 0.25) is 0 Å². The van der Waals surface area contributed by atoms with E-state index in [9.17, 15) is 19.2 Å². The number of ether oxygens (including phenoxy) is 4. The molecule has 1 heterocycles. The zero-order valence-corrected chi connectivity index (χ0v) is 15.5. The Morgan fingerprint density at radius 1 is 1.04 bits per heavy atom. The predicted molar refractivity (Wildman–Crippen MR) is 89.0 cm³/mol. The van der Waals surface area contributed by atoms with Crippen LogP contribution in [0, 0.1) is 0 Å². The number of nitrogens with zero attached hydrogens (tertiary/aromatic N) is 1. The maximum absolute atomic E-state index is 11.5. The summed E-state index contributed by atoms with van der Waals surface area (Å²) in [5.41, 5.74) is 0. The quantitative estimate of drug-likeness (QED) is 0.283. The van der Waals surface area contributed by atoms with E-state index in [1.54, 1.807) is 0 Å². The van der Waals surface area contributed by atoms with E-state index in [2.05, 4.69) is 27.7 Å². The number of hydrogen-bond acceptors (Lipinski definition) is 10. The van der Waals surface area contributed by atoms with Crippen LogP contribution in [0.1, 0.15) is 27.7 Å². The molecule has 0 spiro atoms. The molecule has 0 aliphatic carbocycles. The molecule has 1 amide bonds. The van der Waals surface area contributed by atoms with Crippen molar-refractivity contribution in [2.45, 2.75) is 58.3 Å². The highest BCUT2D eigenvalue weighted by atomic mass is 32.1. The van der Waals surface area contributed by atoms with Gasteiger partial charge >= 0.3 is 17.9 Å². The molecular formula is C15H20N2O8S. The average molecular weight is 388 g/mol. The van der Waals surface area contributed by atoms with Crippen molar-refractivity contribution in [3.8, 4) is 0 Å². The number of esters is 3. The number of nitrogens with one attached hydrogen (secondary N) is 1. The van der Waals surface area contributed by atoms with E-state index >= 15 is 0 Å². The Labute approximate surface area is 155 Å².